The average molecular weight is 360 g/mol. The van der Waals surface area contributed by atoms with Crippen molar-refractivity contribution in [2.75, 3.05) is 19.3 Å². The van der Waals surface area contributed by atoms with Crippen LogP contribution in [0.25, 0.3) is 0 Å². The third kappa shape index (κ3) is 4.74. The van der Waals surface area contributed by atoms with Gasteiger partial charge >= 0.3 is 0 Å². The van der Waals surface area contributed by atoms with Crippen LogP contribution in [0.2, 0.25) is 0 Å². The van der Waals surface area contributed by atoms with Crippen LogP contribution >= 0.6 is 11.3 Å². The van der Waals surface area contributed by atoms with Crippen LogP contribution in [0.5, 0.6) is 0 Å². The zero-order valence-corrected chi connectivity index (χ0v) is 15.8. The Morgan fingerprint density at radius 3 is 2.70 bits per heavy atom. The summed E-state index contributed by atoms with van der Waals surface area (Å²) in [6.07, 6.45) is 3.93. The van der Waals surface area contributed by atoms with Crippen LogP contribution in [0.4, 0.5) is 0 Å². The Kier molecular flexibility index (Phi) is 5.80. The van der Waals surface area contributed by atoms with Gasteiger partial charge in [0.05, 0.1) is 17.0 Å². The quantitative estimate of drug-likeness (QED) is 0.873. The van der Waals surface area contributed by atoms with E-state index in [1.54, 1.807) is 0 Å². The fraction of sp³-hybridized carbons (Fsp3) is 0.733. The van der Waals surface area contributed by atoms with Crippen molar-refractivity contribution in [1.29, 1.82) is 0 Å². The van der Waals surface area contributed by atoms with Crippen LogP contribution in [0, 0.1) is 6.92 Å². The van der Waals surface area contributed by atoms with Gasteiger partial charge in [0.2, 0.25) is 10.0 Å². The number of aryl methyl sites for hydroxylation is 1. The number of amides is 1. The number of aromatic nitrogens is 1. The number of thiazole rings is 1. The predicted molar refractivity (Wildman–Crippen MR) is 92.5 cm³/mol. The third-order valence-electron chi connectivity index (χ3n) is 3.97. The van der Waals surface area contributed by atoms with Gasteiger partial charge in [-0.3, -0.25) is 4.79 Å². The summed E-state index contributed by atoms with van der Waals surface area (Å²) < 4.78 is 25.2. The molecule has 1 atom stereocenters. The maximum atomic E-state index is 12.9. The Hall–Kier alpha value is -0.990. The van der Waals surface area contributed by atoms with Crippen LogP contribution in [-0.4, -0.2) is 49.6 Å². The first-order valence-corrected chi connectivity index (χ1v) is 10.6. The minimum absolute atomic E-state index is 0.0214. The van der Waals surface area contributed by atoms with Crippen molar-refractivity contribution >= 4 is 27.3 Å². The largest absolute Gasteiger partial charge is 0.334 e. The van der Waals surface area contributed by atoms with Crippen molar-refractivity contribution < 1.29 is 13.2 Å². The second-order valence-corrected chi connectivity index (χ2v) is 9.25. The number of piperidine rings is 1. The molecule has 2 heterocycles. The molecule has 1 N–H and O–H groups in total. The molecule has 0 aromatic carbocycles. The number of carbonyl (C=O) groups excluding carboxylic acids is 1. The number of hydrogen-bond donors (Lipinski definition) is 1. The van der Waals surface area contributed by atoms with Crippen molar-refractivity contribution in [2.45, 2.75) is 52.0 Å². The van der Waals surface area contributed by atoms with Crippen LogP contribution < -0.4 is 4.72 Å². The highest BCUT2D eigenvalue weighted by molar-refractivity contribution is 7.88. The molecule has 0 spiro atoms. The SMILES string of the molecule is Cc1nc(C(C)C)sc1C(=O)N1CCCCC1CNS(C)(=O)=O. The van der Waals surface area contributed by atoms with E-state index in [4.69, 9.17) is 0 Å². The molecule has 1 amide bonds. The summed E-state index contributed by atoms with van der Waals surface area (Å²) in [5.41, 5.74) is 0.768. The maximum absolute atomic E-state index is 12.9. The topological polar surface area (TPSA) is 79.4 Å². The molecule has 23 heavy (non-hydrogen) atoms. The van der Waals surface area contributed by atoms with E-state index in [0.717, 1.165) is 36.2 Å². The first kappa shape index (κ1) is 18.4. The Labute approximate surface area is 142 Å². The fourth-order valence-corrected chi connectivity index (χ4v) is 4.24. The summed E-state index contributed by atoms with van der Waals surface area (Å²) in [6.45, 7) is 6.94. The Bertz CT molecular complexity index is 668. The minimum atomic E-state index is -3.25. The van der Waals surface area contributed by atoms with E-state index in [1.165, 1.54) is 11.3 Å². The molecule has 1 fully saturated rings. The number of likely N-dealkylation sites (tertiary alicyclic amines) is 1. The summed E-state index contributed by atoms with van der Waals surface area (Å²) in [4.78, 5) is 19.9. The molecule has 130 valence electrons. The molecule has 8 heteroatoms. The highest BCUT2D eigenvalue weighted by atomic mass is 32.2. The molecule has 0 saturated carbocycles. The van der Waals surface area contributed by atoms with Crippen LogP contribution in [0.1, 0.15) is 59.4 Å². The normalized spacial score (nSPS) is 19.3. The molecule has 1 unspecified atom stereocenters. The van der Waals surface area contributed by atoms with Gasteiger partial charge in [0.15, 0.2) is 0 Å². The van der Waals surface area contributed by atoms with Gasteiger partial charge in [-0.05, 0) is 26.2 Å². The van der Waals surface area contributed by atoms with Crippen molar-refractivity contribution in [3.8, 4) is 0 Å². The van der Waals surface area contributed by atoms with Crippen molar-refractivity contribution in [3.63, 3.8) is 0 Å². The molecule has 1 saturated heterocycles. The highest BCUT2D eigenvalue weighted by Gasteiger charge is 2.30. The van der Waals surface area contributed by atoms with E-state index in [9.17, 15) is 13.2 Å². The molecule has 1 aliphatic rings. The van der Waals surface area contributed by atoms with E-state index < -0.39 is 10.0 Å². The van der Waals surface area contributed by atoms with Gasteiger partial charge in [0.25, 0.3) is 5.91 Å². The van der Waals surface area contributed by atoms with Crippen molar-refractivity contribution in [2.24, 2.45) is 0 Å². The zero-order valence-electron chi connectivity index (χ0n) is 14.1. The Balaban J connectivity index is 2.17. The van der Waals surface area contributed by atoms with Crippen LogP contribution in [0.3, 0.4) is 0 Å². The lowest BCUT2D eigenvalue weighted by Gasteiger charge is -2.35. The molecular weight excluding hydrogens is 334 g/mol. The van der Waals surface area contributed by atoms with Gasteiger partial charge in [-0.1, -0.05) is 13.8 Å². The Morgan fingerprint density at radius 1 is 1.43 bits per heavy atom. The standard InChI is InChI=1S/C15H25N3O3S2/c1-10(2)14-17-11(3)13(22-14)15(19)18-8-6-5-7-12(18)9-16-23(4,20)21/h10,12,16H,5-9H2,1-4H3. The summed E-state index contributed by atoms with van der Waals surface area (Å²) in [6, 6.07) is -0.0880. The van der Waals surface area contributed by atoms with E-state index in [0.29, 0.717) is 17.3 Å². The first-order chi connectivity index (χ1) is 10.7. The number of nitrogens with one attached hydrogen (secondary N) is 1. The van der Waals surface area contributed by atoms with Crippen molar-refractivity contribution in [1.82, 2.24) is 14.6 Å². The van der Waals surface area contributed by atoms with Gasteiger partial charge in [-0.15, -0.1) is 11.3 Å². The lowest BCUT2D eigenvalue weighted by Crippen LogP contribution is -2.49. The molecule has 6 nitrogen and oxygen atoms in total. The van der Waals surface area contributed by atoms with E-state index in [2.05, 4.69) is 23.6 Å². The molecule has 1 aliphatic heterocycles. The fourth-order valence-electron chi connectivity index (χ4n) is 2.72. The summed E-state index contributed by atoms with van der Waals surface area (Å²) in [5.74, 6) is 0.274. The van der Waals surface area contributed by atoms with Crippen molar-refractivity contribution in [3.05, 3.63) is 15.6 Å². The zero-order chi connectivity index (χ0) is 17.2. The van der Waals surface area contributed by atoms with E-state index >= 15 is 0 Å². The van der Waals surface area contributed by atoms with Crippen LogP contribution in [0.15, 0.2) is 0 Å². The van der Waals surface area contributed by atoms with E-state index in [1.807, 2.05) is 11.8 Å². The van der Waals surface area contributed by atoms with Gasteiger partial charge in [-0.2, -0.15) is 0 Å². The number of sulfonamides is 1. The summed E-state index contributed by atoms with van der Waals surface area (Å²) in [5, 5.41) is 0.966. The van der Waals surface area contributed by atoms with Gasteiger partial charge in [0.1, 0.15) is 4.88 Å². The number of carbonyl (C=O) groups is 1. The highest BCUT2D eigenvalue weighted by Crippen LogP contribution is 2.28. The molecular formula is C15H25N3O3S2. The predicted octanol–water partition coefficient (Wildman–Crippen LogP) is 2.12. The first-order valence-electron chi connectivity index (χ1n) is 7.92. The molecule has 2 rings (SSSR count). The smallest absolute Gasteiger partial charge is 0.266 e. The molecule has 0 aliphatic carbocycles. The van der Waals surface area contributed by atoms with Crippen LogP contribution in [-0.2, 0) is 10.0 Å². The maximum Gasteiger partial charge on any atom is 0.266 e. The number of nitrogens with zero attached hydrogens (tertiary/aromatic N) is 2. The number of hydrogen-bond acceptors (Lipinski definition) is 5. The summed E-state index contributed by atoms with van der Waals surface area (Å²) in [7, 11) is -3.25. The molecule has 1 aromatic rings. The van der Waals surface area contributed by atoms with E-state index in [-0.39, 0.29) is 18.5 Å². The molecule has 0 radical (unpaired) electrons. The lowest BCUT2D eigenvalue weighted by molar-refractivity contribution is 0.0623. The number of rotatable bonds is 5. The molecule has 0 bridgehead atoms. The van der Waals surface area contributed by atoms with Gasteiger partial charge in [0, 0.05) is 25.0 Å². The second kappa shape index (κ2) is 7.27. The van der Waals surface area contributed by atoms with Gasteiger partial charge in [-0.25, -0.2) is 18.1 Å². The molecule has 1 aromatic heterocycles. The monoisotopic (exact) mass is 359 g/mol. The second-order valence-electron chi connectivity index (χ2n) is 6.39. The summed E-state index contributed by atoms with van der Waals surface area (Å²) >= 11 is 1.45. The minimum Gasteiger partial charge on any atom is -0.334 e. The third-order valence-corrected chi connectivity index (χ3v) is 6.11. The van der Waals surface area contributed by atoms with Gasteiger partial charge < -0.3 is 4.90 Å². The lowest BCUT2D eigenvalue weighted by atomic mass is 10.0. The average Bonchev–Trinajstić information content (AvgIpc) is 2.86. The Morgan fingerprint density at radius 2 is 2.13 bits per heavy atom.